The summed E-state index contributed by atoms with van der Waals surface area (Å²) in [5.74, 6) is -0.233. The summed E-state index contributed by atoms with van der Waals surface area (Å²) in [6.07, 6.45) is 8.75. The summed E-state index contributed by atoms with van der Waals surface area (Å²) in [6.45, 7) is 20.4. The van der Waals surface area contributed by atoms with Gasteiger partial charge in [0.15, 0.2) is 8.32 Å². The molecule has 1 aliphatic heterocycles. The number of hydrogen-bond donors (Lipinski definition) is 0. The summed E-state index contributed by atoms with van der Waals surface area (Å²) >= 11 is 0. The molecule has 0 N–H and O–H groups in total. The molecule has 0 radical (unpaired) electrons. The molecular formula is C23H42O4Si. The minimum atomic E-state index is -1.72. The largest absolute Gasteiger partial charge is 0.462 e. The van der Waals surface area contributed by atoms with Gasteiger partial charge in [-0.05, 0) is 70.7 Å². The lowest BCUT2D eigenvalue weighted by molar-refractivity contribution is -0.139. The van der Waals surface area contributed by atoms with Gasteiger partial charge in [-0.15, -0.1) is 0 Å². The molecule has 1 heterocycles. The van der Waals surface area contributed by atoms with Crippen LogP contribution in [0.25, 0.3) is 0 Å². The second-order valence-electron chi connectivity index (χ2n) is 9.95. The van der Waals surface area contributed by atoms with Crippen molar-refractivity contribution in [1.29, 1.82) is 0 Å². The Labute approximate surface area is 173 Å². The summed E-state index contributed by atoms with van der Waals surface area (Å²) in [5, 5.41) is 0.234. The highest BCUT2D eigenvalue weighted by atomic mass is 28.4. The van der Waals surface area contributed by atoms with Gasteiger partial charge in [0.1, 0.15) is 12.2 Å². The van der Waals surface area contributed by atoms with E-state index in [4.69, 9.17) is 13.9 Å². The Bertz CT molecular complexity index is 586. The third-order valence-corrected chi connectivity index (χ3v) is 10.6. The van der Waals surface area contributed by atoms with Crippen LogP contribution in [0.4, 0.5) is 0 Å². The molecule has 0 bridgehead atoms. The first-order valence-electron chi connectivity index (χ1n) is 10.5. The van der Waals surface area contributed by atoms with E-state index in [-0.39, 0.29) is 16.6 Å². The molecule has 0 aromatic rings. The number of allylic oxidation sites excluding steroid dienone is 3. The molecule has 0 saturated carbocycles. The average molecular weight is 411 g/mol. The molecule has 0 aliphatic carbocycles. The molecule has 1 aliphatic rings. The van der Waals surface area contributed by atoms with Gasteiger partial charge in [-0.2, -0.15) is 0 Å². The summed E-state index contributed by atoms with van der Waals surface area (Å²) in [7, 11) is -1.72. The van der Waals surface area contributed by atoms with E-state index in [2.05, 4.69) is 60.7 Å². The lowest BCUT2D eigenvalue weighted by Gasteiger charge is -2.36. The van der Waals surface area contributed by atoms with Gasteiger partial charge >= 0.3 is 5.97 Å². The molecule has 1 fully saturated rings. The molecule has 162 valence electrons. The quantitative estimate of drug-likeness (QED) is 0.176. The summed E-state index contributed by atoms with van der Waals surface area (Å²) in [4.78, 5) is 10.8. The van der Waals surface area contributed by atoms with Crippen LogP contribution in [0.2, 0.25) is 18.1 Å². The zero-order chi connectivity index (χ0) is 21.6. The SMILES string of the molecule is CC(=O)OC/C=C(\C)CC/C=C(\C)CC[C@H]1O[C@]1(C)CO[Si](C)(C)C(C)(C)C. The number of ether oxygens (including phenoxy) is 2. The zero-order valence-corrected chi connectivity index (χ0v) is 20.6. The first-order valence-corrected chi connectivity index (χ1v) is 13.4. The average Bonchev–Trinajstić information content (AvgIpc) is 3.21. The fraction of sp³-hybridized carbons (Fsp3) is 0.783. The van der Waals surface area contributed by atoms with Crippen LogP contribution in [0.3, 0.4) is 0 Å². The molecule has 0 aromatic heterocycles. The molecule has 5 heteroatoms. The first-order chi connectivity index (χ1) is 12.8. The van der Waals surface area contributed by atoms with E-state index in [9.17, 15) is 4.79 Å². The van der Waals surface area contributed by atoms with Crippen molar-refractivity contribution >= 4 is 14.3 Å². The van der Waals surface area contributed by atoms with Gasteiger partial charge in [0.05, 0.1) is 12.7 Å². The maximum atomic E-state index is 10.8. The molecular weight excluding hydrogens is 368 g/mol. The summed E-state index contributed by atoms with van der Waals surface area (Å²) in [5.41, 5.74) is 2.56. The Morgan fingerprint density at radius 3 is 2.29 bits per heavy atom. The molecule has 1 saturated heterocycles. The molecule has 1 rings (SSSR count). The predicted octanol–water partition coefficient (Wildman–Crippen LogP) is 6.18. The lowest BCUT2D eigenvalue weighted by Crippen LogP contribution is -2.43. The van der Waals surface area contributed by atoms with Crippen LogP contribution in [-0.2, 0) is 18.7 Å². The van der Waals surface area contributed by atoms with E-state index in [0.717, 1.165) is 25.7 Å². The van der Waals surface area contributed by atoms with Crippen molar-refractivity contribution in [2.45, 2.75) is 104 Å². The molecule has 28 heavy (non-hydrogen) atoms. The standard InChI is InChI=1S/C23H42O4Si/c1-18(11-10-12-19(2)15-16-25-20(3)24)13-14-21-23(7,27-21)17-26-28(8,9)22(4,5)6/h11,15,21H,10,12-14,16-17H2,1-9H3/b18-11+,19-15+/t21-,23-/m1/s1. The smallest absolute Gasteiger partial charge is 0.302 e. The van der Waals surface area contributed by atoms with Crippen molar-refractivity contribution in [3.05, 3.63) is 23.3 Å². The second-order valence-corrected chi connectivity index (χ2v) is 14.8. The monoisotopic (exact) mass is 410 g/mol. The number of carbonyl (C=O) groups is 1. The van der Waals surface area contributed by atoms with Crippen LogP contribution < -0.4 is 0 Å². The first kappa shape index (κ1) is 25.1. The van der Waals surface area contributed by atoms with Gasteiger partial charge in [-0.3, -0.25) is 4.79 Å². The van der Waals surface area contributed by atoms with E-state index >= 15 is 0 Å². The Morgan fingerprint density at radius 1 is 1.11 bits per heavy atom. The number of epoxide rings is 1. The van der Waals surface area contributed by atoms with Gasteiger partial charge in [0.25, 0.3) is 0 Å². The number of rotatable bonds is 11. The van der Waals surface area contributed by atoms with Gasteiger partial charge in [-0.1, -0.05) is 38.0 Å². The van der Waals surface area contributed by atoms with E-state index in [1.807, 2.05) is 6.08 Å². The maximum absolute atomic E-state index is 10.8. The van der Waals surface area contributed by atoms with E-state index in [0.29, 0.717) is 19.3 Å². The van der Waals surface area contributed by atoms with Gasteiger partial charge in [0, 0.05) is 6.92 Å². The minimum absolute atomic E-state index is 0.105. The number of esters is 1. The van der Waals surface area contributed by atoms with Crippen molar-refractivity contribution in [1.82, 2.24) is 0 Å². The number of hydrogen-bond acceptors (Lipinski definition) is 4. The number of carbonyl (C=O) groups excluding carboxylic acids is 1. The van der Waals surface area contributed by atoms with Crippen LogP contribution >= 0.6 is 0 Å². The van der Waals surface area contributed by atoms with E-state index in [1.165, 1.54) is 18.1 Å². The Kier molecular flexibility index (Phi) is 9.17. The lowest BCUT2D eigenvalue weighted by atomic mass is 10.0. The van der Waals surface area contributed by atoms with Crippen LogP contribution in [0.1, 0.15) is 74.1 Å². The van der Waals surface area contributed by atoms with Crippen molar-refractivity contribution in [2.24, 2.45) is 0 Å². The second kappa shape index (κ2) is 10.2. The van der Waals surface area contributed by atoms with Crippen LogP contribution in [0.5, 0.6) is 0 Å². The van der Waals surface area contributed by atoms with Gasteiger partial charge in [-0.25, -0.2) is 0 Å². The Morgan fingerprint density at radius 2 is 1.71 bits per heavy atom. The highest BCUT2D eigenvalue weighted by Crippen LogP contribution is 2.43. The van der Waals surface area contributed by atoms with Crippen LogP contribution in [-0.4, -0.2) is 39.2 Å². The minimum Gasteiger partial charge on any atom is -0.462 e. The molecule has 0 amide bonds. The molecule has 4 nitrogen and oxygen atoms in total. The van der Waals surface area contributed by atoms with Crippen molar-refractivity contribution in [2.75, 3.05) is 13.2 Å². The summed E-state index contributed by atoms with van der Waals surface area (Å²) < 4.78 is 17.3. The maximum Gasteiger partial charge on any atom is 0.302 e. The third kappa shape index (κ3) is 8.62. The van der Waals surface area contributed by atoms with Crippen molar-refractivity contribution in [3.63, 3.8) is 0 Å². The van der Waals surface area contributed by atoms with E-state index in [1.54, 1.807) is 0 Å². The van der Waals surface area contributed by atoms with Crippen LogP contribution in [0.15, 0.2) is 23.3 Å². The molecule has 0 aromatic carbocycles. The van der Waals surface area contributed by atoms with Crippen LogP contribution in [0, 0.1) is 0 Å². The predicted molar refractivity (Wildman–Crippen MR) is 119 cm³/mol. The van der Waals surface area contributed by atoms with Crippen molar-refractivity contribution in [3.8, 4) is 0 Å². The highest BCUT2D eigenvalue weighted by Gasteiger charge is 2.53. The molecule has 0 spiro atoms. The zero-order valence-electron chi connectivity index (χ0n) is 19.6. The molecule has 0 unspecified atom stereocenters. The highest BCUT2D eigenvalue weighted by molar-refractivity contribution is 6.74. The van der Waals surface area contributed by atoms with Gasteiger partial charge in [0.2, 0.25) is 0 Å². The topological polar surface area (TPSA) is 48.1 Å². The Hall–Kier alpha value is -0.913. The van der Waals surface area contributed by atoms with Crippen molar-refractivity contribution < 1.29 is 18.7 Å². The fourth-order valence-electron chi connectivity index (χ4n) is 2.73. The third-order valence-electron chi connectivity index (χ3n) is 6.11. The Balaban J connectivity index is 2.30. The van der Waals surface area contributed by atoms with Gasteiger partial charge < -0.3 is 13.9 Å². The fourth-order valence-corrected chi connectivity index (χ4v) is 3.81. The normalized spacial score (nSPS) is 23.7. The molecule has 2 atom stereocenters. The van der Waals surface area contributed by atoms with E-state index < -0.39 is 8.32 Å². The summed E-state index contributed by atoms with van der Waals surface area (Å²) in [6, 6.07) is 0.